The Morgan fingerprint density at radius 1 is 1.20 bits per heavy atom. The molecule has 0 bridgehead atoms. The zero-order valence-electron chi connectivity index (χ0n) is 12.7. The Balaban J connectivity index is 2.25. The summed E-state index contributed by atoms with van der Waals surface area (Å²) in [6.07, 6.45) is 0.953. The summed E-state index contributed by atoms with van der Waals surface area (Å²) in [6, 6.07) is 8.62. The van der Waals surface area contributed by atoms with Crippen molar-refractivity contribution in [2.45, 2.75) is 40.3 Å². The summed E-state index contributed by atoms with van der Waals surface area (Å²) in [5, 5.41) is 4.65. The van der Waals surface area contributed by atoms with Gasteiger partial charge < -0.3 is 4.90 Å². The predicted molar refractivity (Wildman–Crippen MR) is 88.3 cm³/mol. The fraction of sp³-hybridized carbons (Fsp3) is 0.438. The first-order chi connectivity index (χ1) is 9.56. The average Bonchev–Trinajstić information content (AvgIpc) is 2.76. The first kappa shape index (κ1) is 15.1. The van der Waals surface area contributed by atoms with Crippen molar-refractivity contribution < 1.29 is 0 Å². The van der Waals surface area contributed by atoms with Gasteiger partial charge in [0.25, 0.3) is 0 Å². The molecule has 0 spiro atoms. The summed E-state index contributed by atoms with van der Waals surface area (Å²) >= 11 is 3.71. The number of hydrogen-bond donors (Lipinski definition) is 0. The number of hydrogen-bond acceptors (Lipinski definition) is 2. The molecule has 0 unspecified atom stereocenters. The summed E-state index contributed by atoms with van der Waals surface area (Å²) in [6.45, 7) is 8.13. The fourth-order valence-electron chi connectivity index (χ4n) is 2.28. The van der Waals surface area contributed by atoms with E-state index in [0.29, 0.717) is 0 Å². The van der Waals surface area contributed by atoms with E-state index in [9.17, 15) is 0 Å². The number of benzene rings is 1. The molecular formula is C16H22BrN3. The molecule has 0 saturated heterocycles. The largest absolute Gasteiger partial charge is 0.369 e. The van der Waals surface area contributed by atoms with Gasteiger partial charge in [0, 0.05) is 19.3 Å². The SMILES string of the molecule is CCc1nn(CC)c(CN(C)c2ccc(C)cc2)c1Br. The molecular weight excluding hydrogens is 314 g/mol. The second kappa shape index (κ2) is 6.44. The van der Waals surface area contributed by atoms with Crippen molar-refractivity contribution in [1.82, 2.24) is 9.78 Å². The topological polar surface area (TPSA) is 21.1 Å². The molecule has 0 saturated carbocycles. The molecule has 3 nitrogen and oxygen atoms in total. The molecule has 0 amide bonds. The van der Waals surface area contributed by atoms with Crippen LogP contribution in [0.2, 0.25) is 0 Å². The Morgan fingerprint density at radius 3 is 2.40 bits per heavy atom. The van der Waals surface area contributed by atoms with Gasteiger partial charge in [0.15, 0.2) is 0 Å². The lowest BCUT2D eigenvalue weighted by Crippen LogP contribution is -2.19. The van der Waals surface area contributed by atoms with Gasteiger partial charge in [0.1, 0.15) is 0 Å². The van der Waals surface area contributed by atoms with Crippen LogP contribution in [0, 0.1) is 6.92 Å². The minimum Gasteiger partial charge on any atom is -0.369 e. The number of anilines is 1. The van der Waals surface area contributed by atoms with E-state index in [1.807, 2.05) is 0 Å². The van der Waals surface area contributed by atoms with Gasteiger partial charge in [-0.3, -0.25) is 4.68 Å². The molecule has 0 aliphatic heterocycles. The molecule has 0 fully saturated rings. The minimum atomic E-state index is 0.852. The minimum absolute atomic E-state index is 0.852. The summed E-state index contributed by atoms with van der Waals surface area (Å²) in [4.78, 5) is 2.26. The summed E-state index contributed by atoms with van der Waals surface area (Å²) in [7, 11) is 2.12. The quantitative estimate of drug-likeness (QED) is 0.817. The van der Waals surface area contributed by atoms with Gasteiger partial charge in [-0.15, -0.1) is 0 Å². The van der Waals surface area contributed by atoms with Gasteiger partial charge in [0.05, 0.1) is 22.4 Å². The van der Waals surface area contributed by atoms with Crippen molar-refractivity contribution >= 4 is 21.6 Å². The fourth-order valence-corrected chi connectivity index (χ4v) is 2.97. The number of nitrogens with zero attached hydrogens (tertiary/aromatic N) is 3. The zero-order valence-corrected chi connectivity index (χ0v) is 14.2. The first-order valence-electron chi connectivity index (χ1n) is 7.08. The third kappa shape index (κ3) is 3.06. The van der Waals surface area contributed by atoms with E-state index < -0.39 is 0 Å². The third-order valence-corrected chi connectivity index (χ3v) is 4.47. The molecule has 0 atom stereocenters. The molecule has 0 radical (unpaired) electrons. The highest BCUT2D eigenvalue weighted by atomic mass is 79.9. The van der Waals surface area contributed by atoms with Crippen LogP contribution in [0.25, 0.3) is 0 Å². The molecule has 108 valence electrons. The molecule has 2 rings (SSSR count). The third-order valence-electron chi connectivity index (χ3n) is 3.56. The standard InChI is InChI=1S/C16H22BrN3/c1-5-14-16(17)15(20(6-2)18-14)11-19(4)13-9-7-12(3)8-10-13/h7-10H,5-6,11H2,1-4H3. The van der Waals surface area contributed by atoms with Crippen molar-refractivity contribution in [1.29, 1.82) is 0 Å². The highest BCUT2D eigenvalue weighted by molar-refractivity contribution is 9.10. The van der Waals surface area contributed by atoms with Crippen LogP contribution in [-0.4, -0.2) is 16.8 Å². The molecule has 20 heavy (non-hydrogen) atoms. The smallest absolute Gasteiger partial charge is 0.0767 e. The van der Waals surface area contributed by atoms with Crippen molar-refractivity contribution in [2.75, 3.05) is 11.9 Å². The van der Waals surface area contributed by atoms with Crippen LogP contribution in [-0.2, 0) is 19.5 Å². The van der Waals surface area contributed by atoms with Gasteiger partial charge in [-0.05, 0) is 48.3 Å². The maximum absolute atomic E-state index is 4.65. The highest BCUT2D eigenvalue weighted by Crippen LogP contribution is 2.25. The van der Waals surface area contributed by atoms with Crippen molar-refractivity contribution in [3.8, 4) is 0 Å². The molecule has 1 aromatic carbocycles. The van der Waals surface area contributed by atoms with E-state index in [-0.39, 0.29) is 0 Å². The lowest BCUT2D eigenvalue weighted by Gasteiger charge is -2.20. The van der Waals surface area contributed by atoms with Crippen LogP contribution in [0.15, 0.2) is 28.7 Å². The first-order valence-corrected chi connectivity index (χ1v) is 7.88. The molecule has 0 aliphatic rings. The molecule has 1 aromatic heterocycles. The number of rotatable bonds is 5. The van der Waals surface area contributed by atoms with Crippen molar-refractivity contribution in [3.63, 3.8) is 0 Å². The van der Waals surface area contributed by atoms with Gasteiger partial charge in [-0.1, -0.05) is 24.6 Å². The van der Waals surface area contributed by atoms with Crippen molar-refractivity contribution in [2.24, 2.45) is 0 Å². The Kier molecular flexibility index (Phi) is 4.86. The van der Waals surface area contributed by atoms with E-state index in [0.717, 1.165) is 29.7 Å². The van der Waals surface area contributed by atoms with E-state index in [2.05, 4.69) is 82.7 Å². The van der Waals surface area contributed by atoms with E-state index in [1.54, 1.807) is 0 Å². The van der Waals surface area contributed by atoms with Crippen LogP contribution in [0.4, 0.5) is 5.69 Å². The normalized spacial score (nSPS) is 10.8. The average molecular weight is 336 g/mol. The van der Waals surface area contributed by atoms with Gasteiger partial charge in [-0.2, -0.15) is 5.10 Å². The Labute approximate surface area is 129 Å². The van der Waals surface area contributed by atoms with Gasteiger partial charge >= 0.3 is 0 Å². The summed E-state index contributed by atoms with van der Waals surface area (Å²) < 4.78 is 3.24. The highest BCUT2D eigenvalue weighted by Gasteiger charge is 2.15. The second-order valence-corrected chi connectivity index (χ2v) is 5.86. The van der Waals surface area contributed by atoms with Crippen LogP contribution in [0.1, 0.15) is 30.8 Å². The molecule has 2 aromatic rings. The van der Waals surface area contributed by atoms with Crippen LogP contribution in [0.3, 0.4) is 0 Å². The number of aryl methyl sites for hydroxylation is 3. The monoisotopic (exact) mass is 335 g/mol. The maximum Gasteiger partial charge on any atom is 0.0767 e. The number of halogens is 1. The second-order valence-electron chi connectivity index (χ2n) is 5.07. The van der Waals surface area contributed by atoms with Crippen LogP contribution < -0.4 is 4.90 Å². The summed E-state index contributed by atoms with van der Waals surface area (Å²) in [5.74, 6) is 0. The molecule has 0 aliphatic carbocycles. The number of aromatic nitrogens is 2. The maximum atomic E-state index is 4.65. The van der Waals surface area contributed by atoms with Crippen LogP contribution >= 0.6 is 15.9 Å². The van der Waals surface area contributed by atoms with Crippen molar-refractivity contribution in [3.05, 3.63) is 45.7 Å². The van der Waals surface area contributed by atoms with E-state index in [4.69, 9.17) is 0 Å². The van der Waals surface area contributed by atoms with Crippen LogP contribution in [0.5, 0.6) is 0 Å². The van der Waals surface area contributed by atoms with E-state index >= 15 is 0 Å². The van der Waals surface area contributed by atoms with Gasteiger partial charge in [0.2, 0.25) is 0 Å². The Bertz CT molecular complexity index is 572. The summed E-state index contributed by atoms with van der Waals surface area (Å²) in [5.41, 5.74) is 4.89. The zero-order chi connectivity index (χ0) is 14.7. The lowest BCUT2D eigenvalue weighted by molar-refractivity contribution is 0.609. The molecule has 1 heterocycles. The lowest BCUT2D eigenvalue weighted by atomic mass is 10.2. The Hall–Kier alpha value is -1.29. The van der Waals surface area contributed by atoms with E-state index in [1.165, 1.54) is 16.9 Å². The molecule has 0 N–H and O–H groups in total. The van der Waals surface area contributed by atoms with Gasteiger partial charge in [-0.25, -0.2) is 0 Å². The Morgan fingerprint density at radius 2 is 1.85 bits per heavy atom. The molecule has 4 heteroatoms. The predicted octanol–water partition coefficient (Wildman–Crippen LogP) is 4.17.